The Labute approximate surface area is 164 Å². The summed E-state index contributed by atoms with van der Waals surface area (Å²) in [4.78, 5) is 32.4. The Balaban J connectivity index is 1.86. The molecule has 9 nitrogen and oxygen atoms in total. The molecule has 9 heteroatoms. The lowest BCUT2D eigenvalue weighted by Crippen LogP contribution is -2.46. The summed E-state index contributed by atoms with van der Waals surface area (Å²) >= 11 is 0. The second-order valence-corrected chi connectivity index (χ2v) is 6.98. The van der Waals surface area contributed by atoms with Gasteiger partial charge in [0.05, 0.1) is 22.5 Å². The summed E-state index contributed by atoms with van der Waals surface area (Å²) in [6.07, 6.45) is 0.480. The highest BCUT2D eigenvalue weighted by Crippen LogP contribution is 2.44. The number of nitrogens with two attached hydrogens (primary N) is 1. The van der Waals surface area contributed by atoms with Gasteiger partial charge in [0.25, 0.3) is 5.91 Å². The van der Waals surface area contributed by atoms with Crippen LogP contribution < -0.4 is 16.2 Å². The maximum Gasteiger partial charge on any atom is 0.327 e. The molecular formula is C20H17N5O4. The Kier molecular flexibility index (Phi) is 3.60. The molecule has 3 N–H and O–H groups in total. The third-order valence-corrected chi connectivity index (χ3v) is 5.22. The van der Waals surface area contributed by atoms with Crippen molar-refractivity contribution in [3.05, 3.63) is 64.2 Å². The predicted molar refractivity (Wildman–Crippen MR) is 104 cm³/mol. The Bertz CT molecular complexity index is 1300. The van der Waals surface area contributed by atoms with Crippen LogP contribution in [0.15, 0.2) is 45.8 Å². The number of imidazole rings is 1. The molecule has 2 atom stereocenters. The van der Waals surface area contributed by atoms with Crippen LogP contribution in [0, 0.1) is 13.8 Å². The lowest BCUT2D eigenvalue weighted by Gasteiger charge is -2.32. The predicted octanol–water partition coefficient (Wildman–Crippen LogP) is 1.83. The lowest BCUT2D eigenvalue weighted by atomic mass is 9.98. The lowest BCUT2D eigenvalue weighted by molar-refractivity contribution is -0.126. The monoisotopic (exact) mass is 391 g/mol. The van der Waals surface area contributed by atoms with Gasteiger partial charge in [0.15, 0.2) is 5.75 Å². The van der Waals surface area contributed by atoms with Gasteiger partial charge < -0.3 is 20.0 Å². The molecule has 4 aromatic rings. The van der Waals surface area contributed by atoms with E-state index in [-0.39, 0.29) is 5.69 Å². The molecular weight excluding hydrogens is 374 g/mol. The van der Waals surface area contributed by atoms with Gasteiger partial charge in [-0.05, 0) is 38.1 Å². The maximum absolute atomic E-state index is 12.9. The third-order valence-electron chi connectivity index (χ3n) is 5.22. The summed E-state index contributed by atoms with van der Waals surface area (Å²) in [5.74, 6) is 0.293. The van der Waals surface area contributed by atoms with Crippen LogP contribution in [-0.2, 0) is 4.79 Å². The summed E-state index contributed by atoms with van der Waals surface area (Å²) in [6, 6.07) is 8.09. The highest BCUT2D eigenvalue weighted by atomic mass is 16.5. The van der Waals surface area contributed by atoms with Crippen molar-refractivity contribution >= 4 is 16.9 Å². The summed E-state index contributed by atoms with van der Waals surface area (Å²) in [5.41, 5.74) is 9.04. The average Bonchev–Trinajstić information content (AvgIpc) is 3.22. The summed E-state index contributed by atoms with van der Waals surface area (Å²) in [6.45, 7) is 3.61. The number of aryl methyl sites for hydroxylation is 2. The number of aromatic amines is 1. The first-order chi connectivity index (χ1) is 14.0. The number of aromatic nitrogens is 4. The summed E-state index contributed by atoms with van der Waals surface area (Å²) in [7, 11) is 0. The van der Waals surface area contributed by atoms with Crippen molar-refractivity contribution < 1.29 is 14.1 Å². The second-order valence-electron chi connectivity index (χ2n) is 6.98. The van der Waals surface area contributed by atoms with E-state index in [0.717, 1.165) is 5.56 Å². The van der Waals surface area contributed by atoms with Crippen LogP contribution in [0.5, 0.6) is 5.75 Å². The van der Waals surface area contributed by atoms with Crippen molar-refractivity contribution in [1.29, 1.82) is 0 Å². The van der Waals surface area contributed by atoms with Crippen LogP contribution in [0.3, 0.4) is 0 Å². The number of primary amides is 1. The van der Waals surface area contributed by atoms with Gasteiger partial charge in [-0.25, -0.2) is 4.79 Å². The number of carbonyl (C=O) groups is 1. The molecule has 5 rings (SSSR count). The van der Waals surface area contributed by atoms with Crippen molar-refractivity contribution in [2.24, 2.45) is 5.73 Å². The highest BCUT2D eigenvalue weighted by molar-refractivity contribution is 5.94. The molecule has 146 valence electrons. The number of pyridine rings is 1. The number of rotatable bonds is 3. The minimum Gasteiger partial charge on any atom is -0.475 e. The van der Waals surface area contributed by atoms with Crippen molar-refractivity contribution in [2.75, 3.05) is 0 Å². The smallest absolute Gasteiger partial charge is 0.327 e. The second kappa shape index (κ2) is 6.06. The molecule has 29 heavy (non-hydrogen) atoms. The molecule has 4 heterocycles. The van der Waals surface area contributed by atoms with E-state index in [9.17, 15) is 9.59 Å². The summed E-state index contributed by atoms with van der Waals surface area (Å²) in [5, 5.41) is 4.00. The van der Waals surface area contributed by atoms with Crippen LogP contribution in [0.1, 0.15) is 23.2 Å². The fraction of sp³-hybridized carbons (Fsp3) is 0.200. The van der Waals surface area contributed by atoms with Gasteiger partial charge in [0.2, 0.25) is 6.10 Å². The number of hydrogen-bond acceptors (Lipinski definition) is 6. The van der Waals surface area contributed by atoms with E-state index in [1.54, 1.807) is 37.4 Å². The number of nitrogens with zero attached hydrogens (tertiary/aromatic N) is 3. The first-order valence-corrected chi connectivity index (χ1v) is 9.04. The van der Waals surface area contributed by atoms with Crippen LogP contribution in [-0.4, -0.2) is 31.7 Å². The average molecular weight is 391 g/mol. The molecule has 0 saturated heterocycles. The SMILES string of the molecule is Cc1noc(C)c1-c1ccc2[nH]c(=O)n3c2c1OC(C(N)=O)C3c1ccccn1. The Hall–Kier alpha value is -3.88. The molecule has 0 fully saturated rings. The number of benzene rings is 1. The number of nitrogens with one attached hydrogen (secondary N) is 1. The van der Waals surface area contributed by atoms with E-state index in [0.29, 0.717) is 39.5 Å². The van der Waals surface area contributed by atoms with Crippen LogP contribution >= 0.6 is 0 Å². The quantitative estimate of drug-likeness (QED) is 0.548. The van der Waals surface area contributed by atoms with E-state index < -0.39 is 18.1 Å². The van der Waals surface area contributed by atoms with Crippen LogP contribution in [0.4, 0.5) is 0 Å². The van der Waals surface area contributed by atoms with Crippen LogP contribution in [0.25, 0.3) is 22.2 Å². The zero-order valence-corrected chi connectivity index (χ0v) is 15.7. The fourth-order valence-electron chi connectivity index (χ4n) is 4.02. The Morgan fingerprint density at radius 2 is 2.07 bits per heavy atom. The number of hydrogen-bond donors (Lipinski definition) is 2. The first-order valence-electron chi connectivity index (χ1n) is 9.04. The minimum absolute atomic E-state index is 0.373. The van der Waals surface area contributed by atoms with E-state index in [2.05, 4.69) is 15.1 Å². The number of ether oxygens (including phenoxy) is 1. The molecule has 0 spiro atoms. The van der Waals surface area contributed by atoms with Crippen molar-refractivity contribution in [1.82, 2.24) is 19.7 Å². The molecule has 0 bridgehead atoms. The number of H-pyrrole nitrogens is 1. The third kappa shape index (κ3) is 2.40. The van der Waals surface area contributed by atoms with E-state index >= 15 is 0 Å². The first kappa shape index (κ1) is 17.2. The normalized spacial score (nSPS) is 18.0. The van der Waals surface area contributed by atoms with E-state index in [1.807, 2.05) is 13.0 Å². The molecule has 0 radical (unpaired) electrons. The fourth-order valence-corrected chi connectivity index (χ4v) is 4.02. The van der Waals surface area contributed by atoms with Crippen LogP contribution in [0.2, 0.25) is 0 Å². The molecule has 3 aromatic heterocycles. The largest absolute Gasteiger partial charge is 0.475 e. The molecule has 1 aliphatic rings. The van der Waals surface area contributed by atoms with Crippen molar-refractivity contribution in [3.8, 4) is 16.9 Å². The van der Waals surface area contributed by atoms with Gasteiger partial charge in [0.1, 0.15) is 17.3 Å². The van der Waals surface area contributed by atoms with Gasteiger partial charge >= 0.3 is 5.69 Å². The van der Waals surface area contributed by atoms with Gasteiger partial charge in [-0.1, -0.05) is 11.2 Å². The molecule has 1 amide bonds. The topological polar surface area (TPSA) is 129 Å². The zero-order chi connectivity index (χ0) is 20.3. The standard InChI is InChI=1S/C20H17N5O4/c1-9-14(10(2)29-24-9)11-6-7-13-16-17(11)28-18(19(21)26)15(25(16)20(27)23-13)12-5-3-4-8-22-12/h3-8,15,18H,1-2H3,(H2,21,26)(H,23,27). The molecule has 2 unspecified atom stereocenters. The molecule has 1 aliphatic heterocycles. The van der Waals surface area contributed by atoms with E-state index in [1.165, 1.54) is 4.57 Å². The minimum atomic E-state index is -1.12. The number of carbonyl (C=O) groups excluding carboxylic acids is 1. The highest BCUT2D eigenvalue weighted by Gasteiger charge is 2.40. The van der Waals surface area contributed by atoms with Crippen molar-refractivity contribution in [2.45, 2.75) is 26.0 Å². The Morgan fingerprint density at radius 3 is 2.72 bits per heavy atom. The van der Waals surface area contributed by atoms with Crippen molar-refractivity contribution in [3.63, 3.8) is 0 Å². The molecule has 1 aromatic carbocycles. The molecule has 0 aliphatic carbocycles. The number of amides is 1. The summed E-state index contributed by atoms with van der Waals surface area (Å²) < 4.78 is 12.9. The van der Waals surface area contributed by atoms with E-state index in [4.69, 9.17) is 15.0 Å². The van der Waals surface area contributed by atoms with Gasteiger partial charge in [-0.3, -0.25) is 14.3 Å². The van der Waals surface area contributed by atoms with Gasteiger partial charge in [-0.2, -0.15) is 0 Å². The molecule has 0 saturated carbocycles. The maximum atomic E-state index is 12.9. The van der Waals surface area contributed by atoms with Gasteiger partial charge in [-0.15, -0.1) is 0 Å². The zero-order valence-electron chi connectivity index (χ0n) is 15.7. The Morgan fingerprint density at radius 1 is 1.24 bits per heavy atom. The van der Waals surface area contributed by atoms with Gasteiger partial charge in [0, 0.05) is 11.8 Å².